The molecule has 0 fully saturated rings. The van der Waals surface area contributed by atoms with Gasteiger partial charge in [-0.05, 0) is 25.1 Å². The van der Waals surface area contributed by atoms with Gasteiger partial charge in [0.15, 0.2) is 11.5 Å². The predicted octanol–water partition coefficient (Wildman–Crippen LogP) is 3.88. The van der Waals surface area contributed by atoms with E-state index < -0.39 is 5.83 Å². The van der Waals surface area contributed by atoms with Crippen LogP contribution in [0.25, 0.3) is 0 Å². The molecule has 0 amide bonds. The number of hydrogen-bond donors (Lipinski definition) is 0. The van der Waals surface area contributed by atoms with Gasteiger partial charge in [0.25, 0.3) is 0 Å². The number of benzene rings is 1. The van der Waals surface area contributed by atoms with Gasteiger partial charge in [-0.25, -0.2) is 4.39 Å². The highest BCUT2D eigenvalue weighted by atomic mass is 35.5. The summed E-state index contributed by atoms with van der Waals surface area (Å²) >= 11 is 5.68. The third kappa shape index (κ3) is 4.10. The van der Waals surface area contributed by atoms with Gasteiger partial charge in [-0.15, -0.1) is 0 Å². The number of allylic oxidation sites excluding steroid dienone is 1. The van der Waals surface area contributed by atoms with E-state index in [1.165, 1.54) is 20.1 Å². The van der Waals surface area contributed by atoms with Gasteiger partial charge < -0.3 is 9.47 Å². The number of carbonyl (C=O) groups excluding carboxylic acids is 1. The maximum absolute atomic E-state index is 13.2. The highest BCUT2D eigenvalue weighted by Crippen LogP contribution is 2.29. The molecule has 0 radical (unpaired) electrons. The summed E-state index contributed by atoms with van der Waals surface area (Å²) in [5.41, 5.74) is 0.645. The normalized spacial score (nSPS) is 11.6. The van der Waals surface area contributed by atoms with E-state index in [-0.39, 0.29) is 17.2 Å². The SMILES string of the molecule is C=C(Cl)/C(COc1ccc(C=O)cc1OC)=C(\C)F. The van der Waals surface area contributed by atoms with Crippen molar-refractivity contribution in [2.75, 3.05) is 13.7 Å². The predicted molar refractivity (Wildman–Crippen MR) is 72.7 cm³/mol. The first-order valence-corrected chi connectivity index (χ1v) is 5.83. The van der Waals surface area contributed by atoms with E-state index in [1.54, 1.807) is 12.1 Å². The van der Waals surface area contributed by atoms with E-state index in [2.05, 4.69) is 6.58 Å². The van der Waals surface area contributed by atoms with Crippen LogP contribution in [-0.4, -0.2) is 20.0 Å². The van der Waals surface area contributed by atoms with Gasteiger partial charge in [-0.3, -0.25) is 4.79 Å². The molecule has 0 saturated heterocycles. The summed E-state index contributed by atoms with van der Waals surface area (Å²) in [7, 11) is 1.45. The quantitative estimate of drug-likeness (QED) is 0.587. The number of methoxy groups -OCH3 is 1. The number of rotatable bonds is 6. The highest BCUT2D eigenvalue weighted by molar-refractivity contribution is 6.31. The van der Waals surface area contributed by atoms with Crippen LogP contribution in [0.15, 0.2) is 41.2 Å². The molecule has 0 spiro atoms. The van der Waals surface area contributed by atoms with Gasteiger partial charge in [0.2, 0.25) is 0 Å². The van der Waals surface area contributed by atoms with Crippen molar-refractivity contribution in [2.24, 2.45) is 0 Å². The second kappa shape index (κ2) is 6.95. The Hall–Kier alpha value is -1.81. The molecule has 0 unspecified atom stereocenters. The van der Waals surface area contributed by atoms with Gasteiger partial charge in [-0.2, -0.15) is 0 Å². The van der Waals surface area contributed by atoms with Gasteiger partial charge in [0.1, 0.15) is 18.7 Å². The van der Waals surface area contributed by atoms with Crippen LogP contribution in [0, 0.1) is 0 Å². The molecule has 0 aliphatic carbocycles. The summed E-state index contributed by atoms with van der Waals surface area (Å²) < 4.78 is 23.7. The fourth-order valence-corrected chi connectivity index (χ4v) is 1.58. The second-order valence-electron chi connectivity index (χ2n) is 3.73. The molecule has 1 aromatic rings. The van der Waals surface area contributed by atoms with Crippen molar-refractivity contribution in [3.05, 3.63) is 46.8 Å². The number of ether oxygens (including phenoxy) is 2. The van der Waals surface area contributed by atoms with E-state index in [0.29, 0.717) is 23.3 Å². The van der Waals surface area contributed by atoms with Gasteiger partial charge >= 0.3 is 0 Å². The lowest BCUT2D eigenvalue weighted by Crippen LogP contribution is -2.04. The lowest BCUT2D eigenvalue weighted by molar-refractivity contribution is 0.112. The maximum atomic E-state index is 13.2. The van der Waals surface area contributed by atoms with Crippen molar-refractivity contribution in [1.29, 1.82) is 0 Å². The fraction of sp³-hybridized carbons (Fsp3) is 0.214. The first-order chi connectivity index (χ1) is 8.99. The first kappa shape index (κ1) is 15.2. The van der Waals surface area contributed by atoms with E-state index in [1.807, 2.05) is 0 Å². The Bertz CT molecular complexity index is 519. The summed E-state index contributed by atoms with van der Waals surface area (Å²) in [5.74, 6) is 0.328. The minimum Gasteiger partial charge on any atom is -0.493 e. The molecule has 1 rings (SSSR count). The average Bonchev–Trinajstić information content (AvgIpc) is 2.38. The lowest BCUT2D eigenvalue weighted by Gasteiger charge is -2.12. The Morgan fingerprint density at radius 1 is 1.47 bits per heavy atom. The zero-order valence-electron chi connectivity index (χ0n) is 10.7. The molecule has 0 N–H and O–H groups in total. The van der Waals surface area contributed by atoms with Crippen molar-refractivity contribution in [3.8, 4) is 11.5 Å². The molecule has 1 aromatic carbocycles. The van der Waals surface area contributed by atoms with Crippen LogP contribution in [0.1, 0.15) is 17.3 Å². The molecular formula is C14H14ClFO3. The molecular weight excluding hydrogens is 271 g/mol. The van der Waals surface area contributed by atoms with Crippen molar-refractivity contribution in [2.45, 2.75) is 6.92 Å². The third-order valence-electron chi connectivity index (χ3n) is 2.44. The summed E-state index contributed by atoms with van der Waals surface area (Å²) in [6.45, 7) is 4.68. The minimum absolute atomic E-state index is 0.0680. The second-order valence-corrected chi connectivity index (χ2v) is 4.19. The molecule has 0 aliphatic heterocycles. The van der Waals surface area contributed by atoms with Crippen molar-refractivity contribution in [3.63, 3.8) is 0 Å². The Kier molecular flexibility index (Phi) is 5.57. The summed E-state index contributed by atoms with van der Waals surface area (Å²) in [6.07, 6.45) is 0.698. The molecule has 0 aromatic heterocycles. The number of halogens is 2. The topological polar surface area (TPSA) is 35.5 Å². The zero-order chi connectivity index (χ0) is 14.4. The van der Waals surface area contributed by atoms with Crippen LogP contribution in [0.5, 0.6) is 11.5 Å². The van der Waals surface area contributed by atoms with E-state index in [0.717, 1.165) is 0 Å². The Morgan fingerprint density at radius 2 is 2.16 bits per heavy atom. The molecule has 3 nitrogen and oxygen atoms in total. The molecule has 0 atom stereocenters. The third-order valence-corrected chi connectivity index (χ3v) is 2.67. The number of aldehydes is 1. The van der Waals surface area contributed by atoms with Gasteiger partial charge in [0, 0.05) is 16.2 Å². The van der Waals surface area contributed by atoms with E-state index >= 15 is 0 Å². The van der Waals surface area contributed by atoms with Crippen LogP contribution in [0.2, 0.25) is 0 Å². The monoisotopic (exact) mass is 284 g/mol. The van der Waals surface area contributed by atoms with Crippen molar-refractivity contribution in [1.82, 2.24) is 0 Å². The Labute approximate surface area is 116 Å². The van der Waals surface area contributed by atoms with Crippen LogP contribution >= 0.6 is 11.6 Å². The zero-order valence-corrected chi connectivity index (χ0v) is 11.5. The largest absolute Gasteiger partial charge is 0.493 e. The molecule has 5 heteroatoms. The minimum atomic E-state index is -0.455. The summed E-state index contributed by atoms with van der Waals surface area (Å²) in [4.78, 5) is 10.6. The summed E-state index contributed by atoms with van der Waals surface area (Å²) in [5, 5.41) is 0.0866. The number of hydrogen-bond acceptors (Lipinski definition) is 3. The summed E-state index contributed by atoms with van der Waals surface area (Å²) in [6, 6.07) is 4.68. The fourth-order valence-electron chi connectivity index (χ4n) is 1.39. The molecule has 102 valence electrons. The van der Waals surface area contributed by atoms with Crippen LogP contribution in [-0.2, 0) is 0 Å². The van der Waals surface area contributed by atoms with E-state index in [4.69, 9.17) is 21.1 Å². The van der Waals surface area contributed by atoms with Crippen LogP contribution in [0.3, 0.4) is 0 Å². The van der Waals surface area contributed by atoms with Gasteiger partial charge in [-0.1, -0.05) is 18.2 Å². The molecule has 19 heavy (non-hydrogen) atoms. The van der Waals surface area contributed by atoms with Crippen molar-refractivity contribution >= 4 is 17.9 Å². The lowest BCUT2D eigenvalue weighted by atomic mass is 10.2. The van der Waals surface area contributed by atoms with Crippen LogP contribution < -0.4 is 9.47 Å². The molecule has 0 saturated carbocycles. The highest BCUT2D eigenvalue weighted by Gasteiger charge is 2.10. The van der Waals surface area contributed by atoms with Crippen LogP contribution in [0.4, 0.5) is 4.39 Å². The van der Waals surface area contributed by atoms with E-state index in [9.17, 15) is 9.18 Å². The first-order valence-electron chi connectivity index (χ1n) is 5.45. The molecule has 0 heterocycles. The standard InChI is InChI=1S/C14H14ClFO3/c1-9(15)12(10(2)16)8-19-13-5-4-11(7-17)6-14(13)18-3/h4-7H,1,8H2,2-3H3/b12-10+. The molecule has 0 aliphatic rings. The smallest absolute Gasteiger partial charge is 0.161 e. The maximum Gasteiger partial charge on any atom is 0.161 e. The van der Waals surface area contributed by atoms with Gasteiger partial charge in [0.05, 0.1) is 7.11 Å². The Balaban J connectivity index is 2.91. The average molecular weight is 285 g/mol. The number of carbonyl (C=O) groups is 1. The Morgan fingerprint density at radius 3 is 2.63 bits per heavy atom. The molecule has 0 bridgehead atoms. The van der Waals surface area contributed by atoms with Crippen molar-refractivity contribution < 1.29 is 18.7 Å².